The van der Waals surface area contributed by atoms with Crippen molar-refractivity contribution in [2.24, 2.45) is 5.41 Å². The molecule has 1 spiro atoms. The molecule has 3 nitrogen and oxygen atoms in total. The van der Waals surface area contributed by atoms with Gasteiger partial charge in [0.25, 0.3) is 0 Å². The van der Waals surface area contributed by atoms with E-state index in [9.17, 15) is 4.79 Å². The summed E-state index contributed by atoms with van der Waals surface area (Å²) in [5.74, 6) is 5.56. The lowest BCUT2D eigenvalue weighted by Gasteiger charge is -2.42. The van der Waals surface area contributed by atoms with Crippen molar-refractivity contribution in [2.75, 3.05) is 42.6 Å². The first-order valence-electron chi connectivity index (χ1n) is 9.45. The number of rotatable bonds is 3. The average molecular weight is 377 g/mol. The second-order valence-corrected chi connectivity index (χ2v) is 10.1. The standard InChI is InChI=1S/C20H28N2OS2/c23-19-12-20(16-22(19)13-17-4-2-1-3-5-17)6-8-21(9-7-20)18-14-24-10-11-25-15-18/h1-5,18H,6-16H2. The van der Waals surface area contributed by atoms with Crippen LogP contribution in [-0.2, 0) is 11.3 Å². The van der Waals surface area contributed by atoms with Crippen molar-refractivity contribution in [3.8, 4) is 0 Å². The third kappa shape index (κ3) is 4.20. The summed E-state index contributed by atoms with van der Waals surface area (Å²) < 4.78 is 0. The molecule has 3 aliphatic heterocycles. The van der Waals surface area contributed by atoms with Crippen LogP contribution in [0.3, 0.4) is 0 Å². The molecule has 0 saturated carbocycles. The van der Waals surface area contributed by atoms with Crippen molar-refractivity contribution in [1.82, 2.24) is 9.80 Å². The van der Waals surface area contributed by atoms with Gasteiger partial charge < -0.3 is 4.90 Å². The Labute approximate surface area is 159 Å². The Morgan fingerprint density at radius 2 is 1.72 bits per heavy atom. The van der Waals surface area contributed by atoms with Gasteiger partial charge in [-0.1, -0.05) is 30.3 Å². The minimum atomic E-state index is 0.243. The van der Waals surface area contributed by atoms with E-state index in [1.54, 1.807) is 0 Å². The van der Waals surface area contributed by atoms with E-state index in [4.69, 9.17) is 0 Å². The van der Waals surface area contributed by atoms with E-state index < -0.39 is 0 Å². The smallest absolute Gasteiger partial charge is 0.223 e. The number of thioether (sulfide) groups is 2. The number of nitrogens with zero attached hydrogens (tertiary/aromatic N) is 2. The average Bonchev–Trinajstić information content (AvgIpc) is 2.82. The molecule has 136 valence electrons. The fourth-order valence-corrected chi connectivity index (χ4v) is 7.07. The van der Waals surface area contributed by atoms with E-state index in [1.807, 2.05) is 6.07 Å². The van der Waals surface area contributed by atoms with Gasteiger partial charge in [-0.15, -0.1) is 0 Å². The van der Waals surface area contributed by atoms with Gasteiger partial charge in [0, 0.05) is 48.6 Å². The van der Waals surface area contributed by atoms with E-state index in [0.717, 1.165) is 25.6 Å². The number of carbonyl (C=O) groups is 1. The number of hydrogen-bond acceptors (Lipinski definition) is 4. The third-order valence-electron chi connectivity index (χ3n) is 5.99. The monoisotopic (exact) mass is 376 g/mol. The highest BCUT2D eigenvalue weighted by atomic mass is 32.2. The lowest BCUT2D eigenvalue weighted by atomic mass is 9.77. The normalized spacial score (nSPS) is 25.4. The molecule has 1 amide bonds. The third-order valence-corrected chi connectivity index (χ3v) is 8.47. The van der Waals surface area contributed by atoms with Crippen LogP contribution in [0.1, 0.15) is 24.8 Å². The van der Waals surface area contributed by atoms with Gasteiger partial charge in [-0.2, -0.15) is 23.5 Å². The van der Waals surface area contributed by atoms with E-state index in [-0.39, 0.29) is 5.41 Å². The number of carbonyl (C=O) groups excluding carboxylic acids is 1. The molecule has 25 heavy (non-hydrogen) atoms. The summed E-state index contributed by atoms with van der Waals surface area (Å²) in [5.41, 5.74) is 1.49. The Morgan fingerprint density at radius 3 is 2.40 bits per heavy atom. The number of likely N-dealkylation sites (tertiary alicyclic amines) is 2. The first kappa shape index (κ1) is 17.7. The van der Waals surface area contributed by atoms with Gasteiger partial charge in [0.15, 0.2) is 0 Å². The Balaban J connectivity index is 1.34. The van der Waals surface area contributed by atoms with Crippen LogP contribution < -0.4 is 0 Å². The molecule has 0 unspecified atom stereocenters. The van der Waals surface area contributed by atoms with E-state index in [0.29, 0.717) is 5.91 Å². The van der Waals surface area contributed by atoms with Gasteiger partial charge in [0.05, 0.1) is 0 Å². The highest BCUT2D eigenvalue weighted by Crippen LogP contribution is 2.42. The Morgan fingerprint density at radius 1 is 1.04 bits per heavy atom. The van der Waals surface area contributed by atoms with Crippen LogP contribution in [0.5, 0.6) is 0 Å². The lowest BCUT2D eigenvalue weighted by Crippen LogP contribution is -2.47. The molecule has 3 heterocycles. The topological polar surface area (TPSA) is 23.6 Å². The van der Waals surface area contributed by atoms with Crippen molar-refractivity contribution in [3.63, 3.8) is 0 Å². The van der Waals surface area contributed by atoms with E-state index in [2.05, 4.69) is 57.6 Å². The van der Waals surface area contributed by atoms with Gasteiger partial charge in [0.1, 0.15) is 0 Å². The highest BCUT2D eigenvalue weighted by molar-refractivity contribution is 8.03. The molecule has 4 rings (SSSR count). The molecule has 0 atom stereocenters. The van der Waals surface area contributed by atoms with E-state index >= 15 is 0 Å². The largest absolute Gasteiger partial charge is 0.338 e. The zero-order valence-corrected chi connectivity index (χ0v) is 16.5. The minimum absolute atomic E-state index is 0.243. The minimum Gasteiger partial charge on any atom is -0.338 e. The summed E-state index contributed by atoms with van der Waals surface area (Å²) >= 11 is 4.24. The first-order chi connectivity index (χ1) is 12.2. The second-order valence-electron chi connectivity index (χ2n) is 7.75. The van der Waals surface area contributed by atoms with Crippen LogP contribution in [0.2, 0.25) is 0 Å². The second kappa shape index (κ2) is 7.93. The molecule has 5 heteroatoms. The molecule has 0 N–H and O–H groups in total. The van der Waals surface area contributed by atoms with Crippen LogP contribution in [-0.4, -0.2) is 64.4 Å². The van der Waals surface area contributed by atoms with Crippen LogP contribution in [0.4, 0.5) is 0 Å². The Hall–Kier alpha value is -0.650. The van der Waals surface area contributed by atoms with Crippen molar-refractivity contribution in [3.05, 3.63) is 35.9 Å². The van der Waals surface area contributed by atoms with E-state index in [1.165, 1.54) is 54.5 Å². The van der Waals surface area contributed by atoms with Gasteiger partial charge in [-0.05, 0) is 36.9 Å². The van der Waals surface area contributed by atoms with Crippen molar-refractivity contribution in [2.45, 2.75) is 31.8 Å². The Kier molecular flexibility index (Phi) is 5.63. The van der Waals surface area contributed by atoms with Gasteiger partial charge >= 0.3 is 0 Å². The molecule has 0 radical (unpaired) electrons. The molecule has 0 aromatic heterocycles. The molecular weight excluding hydrogens is 348 g/mol. The zero-order chi connectivity index (χ0) is 17.1. The maximum absolute atomic E-state index is 12.6. The first-order valence-corrected chi connectivity index (χ1v) is 11.8. The highest BCUT2D eigenvalue weighted by Gasteiger charge is 2.45. The number of benzene rings is 1. The van der Waals surface area contributed by atoms with Crippen LogP contribution in [0.15, 0.2) is 30.3 Å². The van der Waals surface area contributed by atoms with Gasteiger partial charge in [0.2, 0.25) is 5.91 Å². The quantitative estimate of drug-likeness (QED) is 0.807. The summed E-state index contributed by atoms with van der Waals surface area (Å²) in [5, 5.41) is 0. The maximum atomic E-state index is 12.6. The van der Waals surface area contributed by atoms with Crippen LogP contribution >= 0.6 is 23.5 Å². The number of hydrogen-bond donors (Lipinski definition) is 0. The molecule has 3 aliphatic rings. The number of piperidine rings is 1. The molecule has 1 aromatic rings. The summed E-state index contributed by atoms with van der Waals surface area (Å²) in [6.07, 6.45) is 3.15. The zero-order valence-electron chi connectivity index (χ0n) is 14.9. The predicted molar refractivity (Wildman–Crippen MR) is 108 cm³/mol. The summed E-state index contributed by atoms with van der Waals surface area (Å²) in [6.45, 7) is 4.10. The van der Waals surface area contributed by atoms with Crippen molar-refractivity contribution >= 4 is 29.4 Å². The maximum Gasteiger partial charge on any atom is 0.223 e. The van der Waals surface area contributed by atoms with Crippen LogP contribution in [0, 0.1) is 5.41 Å². The number of amides is 1. The fourth-order valence-electron chi connectivity index (χ4n) is 4.44. The van der Waals surface area contributed by atoms with Crippen molar-refractivity contribution in [1.29, 1.82) is 0 Å². The van der Waals surface area contributed by atoms with Crippen LogP contribution in [0.25, 0.3) is 0 Å². The molecule has 1 aromatic carbocycles. The SMILES string of the molecule is O=C1CC2(CCN(C3CSCCSC3)CC2)CN1Cc1ccccc1. The Bertz CT molecular complexity index is 579. The van der Waals surface area contributed by atoms with Gasteiger partial charge in [-0.25, -0.2) is 0 Å². The lowest BCUT2D eigenvalue weighted by molar-refractivity contribution is -0.128. The molecule has 3 fully saturated rings. The van der Waals surface area contributed by atoms with Crippen molar-refractivity contribution < 1.29 is 4.79 Å². The molecule has 3 saturated heterocycles. The van der Waals surface area contributed by atoms with Gasteiger partial charge in [-0.3, -0.25) is 9.69 Å². The summed E-state index contributed by atoms with van der Waals surface area (Å²) in [6, 6.07) is 11.2. The molecule has 0 bridgehead atoms. The molecular formula is C20H28N2OS2. The summed E-state index contributed by atoms with van der Waals surface area (Å²) in [7, 11) is 0. The summed E-state index contributed by atoms with van der Waals surface area (Å²) in [4.78, 5) is 17.4. The fraction of sp³-hybridized carbons (Fsp3) is 0.650. The predicted octanol–water partition coefficient (Wildman–Crippen LogP) is 3.35. The molecule has 0 aliphatic carbocycles.